The normalized spacial score (nSPS) is 16.0. The first kappa shape index (κ1) is 22.4. The number of anilines is 3. The Bertz CT molecular complexity index is 868. The molecule has 3 rings (SSSR count). The summed E-state index contributed by atoms with van der Waals surface area (Å²) in [5.74, 6) is -0.454. The molecule has 0 bridgehead atoms. The van der Waals surface area contributed by atoms with E-state index >= 15 is 0 Å². The summed E-state index contributed by atoms with van der Waals surface area (Å²) in [4.78, 5) is 24.1. The topological polar surface area (TPSA) is 73.4 Å². The molecule has 2 N–H and O–H groups in total. The summed E-state index contributed by atoms with van der Waals surface area (Å²) >= 11 is 1.93. The van der Waals surface area contributed by atoms with Crippen LogP contribution in [0.5, 0.6) is 0 Å². The number of alkyl halides is 1. The minimum absolute atomic E-state index is 0.00212. The number of nitrogens with zero attached hydrogens (tertiary/aromatic N) is 4. The third-order valence-corrected chi connectivity index (χ3v) is 8.18. The van der Waals surface area contributed by atoms with Crippen LogP contribution in [-0.2, 0) is 0 Å². The van der Waals surface area contributed by atoms with Gasteiger partial charge in [-0.1, -0.05) is 0 Å². The zero-order valence-electron chi connectivity index (χ0n) is 16.5. The maximum absolute atomic E-state index is 13.3. The standard InChI is InChI=1S/C19H24FI2N6O/c1-19(2)7-10-27(11-8-19)16-12-13(28(22-3)26-21)4-5-14(16)24-17(29)15-6-9-23-18(20)25-15/h4-6,9,12,26H,7-8,10-11H2,1-3H3,(H,24,29)/q-1. The van der Waals surface area contributed by atoms with Gasteiger partial charge >= 0.3 is 196 Å². The molecule has 1 aliphatic heterocycles. The van der Waals surface area contributed by atoms with Crippen molar-refractivity contribution < 1.29 is 30.7 Å². The SMILES string of the molecule is C[I-]N(NI)c1ccc(NC(=O)c2ccnc(F)n2)c(N2CCC(C)(C)CC2)c1. The first-order valence-electron chi connectivity index (χ1n) is 9.18. The van der Waals surface area contributed by atoms with Crippen molar-refractivity contribution in [2.75, 3.05) is 31.5 Å². The van der Waals surface area contributed by atoms with Gasteiger partial charge in [0.05, 0.1) is 0 Å². The second-order valence-corrected chi connectivity index (χ2v) is 9.96. The quantitative estimate of drug-likeness (QED) is 0.163. The van der Waals surface area contributed by atoms with Crippen molar-refractivity contribution in [3.05, 3.63) is 42.2 Å². The number of hydrazine groups is 1. The van der Waals surface area contributed by atoms with Gasteiger partial charge in [-0.2, -0.15) is 0 Å². The van der Waals surface area contributed by atoms with E-state index in [0.717, 1.165) is 37.3 Å². The van der Waals surface area contributed by atoms with Crippen LogP contribution in [0.1, 0.15) is 37.2 Å². The number of piperidine rings is 1. The zero-order chi connectivity index (χ0) is 21.0. The number of amides is 1. The molecule has 1 amide bonds. The predicted molar refractivity (Wildman–Crippen MR) is 117 cm³/mol. The molecule has 1 saturated heterocycles. The van der Waals surface area contributed by atoms with E-state index in [1.807, 2.05) is 12.1 Å². The van der Waals surface area contributed by atoms with Crippen LogP contribution in [0.2, 0.25) is 0 Å². The van der Waals surface area contributed by atoms with E-state index in [1.54, 1.807) is 0 Å². The molecule has 158 valence electrons. The van der Waals surface area contributed by atoms with Gasteiger partial charge in [0.1, 0.15) is 0 Å². The summed E-state index contributed by atoms with van der Waals surface area (Å²) < 4.78 is 18.6. The Morgan fingerprint density at radius 2 is 2.03 bits per heavy atom. The summed E-state index contributed by atoms with van der Waals surface area (Å²) in [5, 5.41) is 2.90. The van der Waals surface area contributed by atoms with E-state index in [9.17, 15) is 9.18 Å². The molecule has 7 nitrogen and oxygen atoms in total. The first-order valence-corrected chi connectivity index (χ1v) is 13.4. The van der Waals surface area contributed by atoms with Crippen molar-refractivity contribution in [3.63, 3.8) is 0 Å². The molecule has 0 saturated carbocycles. The summed E-state index contributed by atoms with van der Waals surface area (Å²) in [6, 6.07) is 7.38. The molecule has 0 atom stereocenters. The fourth-order valence-corrected chi connectivity index (χ4v) is 5.73. The third kappa shape index (κ3) is 5.66. The number of rotatable bonds is 6. The van der Waals surface area contributed by atoms with Gasteiger partial charge in [0.2, 0.25) is 0 Å². The summed E-state index contributed by atoms with van der Waals surface area (Å²) in [6.07, 6.45) is 2.48. The third-order valence-electron chi connectivity index (χ3n) is 5.02. The van der Waals surface area contributed by atoms with Crippen molar-refractivity contribution in [2.45, 2.75) is 26.7 Å². The molecule has 10 heteroatoms. The predicted octanol–water partition coefficient (Wildman–Crippen LogP) is 0.789. The van der Waals surface area contributed by atoms with Crippen LogP contribution >= 0.6 is 22.9 Å². The second-order valence-electron chi connectivity index (χ2n) is 7.55. The van der Waals surface area contributed by atoms with Crippen LogP contribution in [0.25, 0.3) is 0 Å². The molecule has 0 aliphatic carbocycles. The molecule has 0 spiro atoms. The Balaban J connectivity index is 1.91. The molecule has 1 fully saturated rings. The van der Waals surface area contributed by atoms with Crippen LogP contribution in [0, 0.1) is 11.5 Å². The van der Waals surface area contributed by atoms with E-state index in [0.29, 0.717) is 11.1 Å². The number of halogens is 3. The van der Waals surface area contributed by atoms with Gasteiger partial charge in [0.25, 0.3) is 0 Å². The van der Waals surface area contributed by atoms with Crippen molar-refractivity contribution in [1.29, 1.82) is 0 Å². The number of nitrogens with one attached hydrogen (secondary N) is 2. The van der Waals surface area contributed by atoms with Gasteiger partial charge in [-0.25, -0.2) is 0 Å². The molecule has 1 aromatic carbocycles. The first-order chi connectivity index (χ1) is 13.8. The number of carbonyl (C=O) groups excluding carboxylic acids is 1. The monoisotopic (exact) mass is 625 g/mol. The maximum atomic E-state index is 13.3. The van der Waals surface area contributed by atoms with Crippen molar-refractivity contribution in [1.82, 2.24) is 13.6 Å². The molecule has 0 radical (unpaired) electrons. The van der Waals surface area contributed by atoms with E-state index < -0.39 is 12.0 Å². The number of benzene rings is 1. The Morgan fingerprint density at radius 3 is 2.66 bits per heavy atom. The minimum atomic E-state index is -0.915. The van der Waals surface area contributed by atoms with Gasteiger partial charge < -0.3 is 0 Å². The van der Waals surface area contributed by atoms with Crippen LogP contribution in [0.4, 0.5) is 21.5 Å². The Morgan fingerprint density at radius 1 is 1.31 bits per heavy atom. The van der Waals surface area contributed by atoms with Gasteiger partial charge in [0, 0.05) is 0 Å². The fraction of sp³-hybridized carbons (Fsp3) is 0.421. The summed E-state index contributed by atoms with van der Waals surface area (Å²) in [5.41, 5.74) is 3.04. The molecular weight excluding hydrogens is 601 g/mol. The number of aromatic nitrogens is 2. The van der Waals surface area contributed by atoms with Crippen LogP contribution < -0.4 is 38.6 Å². The second kappa shape index (κ2) is 9.69. The fourth-order valence-electron chi connectivity index (χ4n) is 3.19. The molecular formula is C19H24FI2N6O-. The van der Waals surface area contributed by atoms with Crippen LogP contribution in [0.3, 0.4) is 0 Å². The van der Waals surface area contributed by atoms with Gasteiger partial charge in [-0.3, -0.25) is 0 Å². The molecule has 1 aliphatic rings. The Labute approximate surface area is 194 Å². The molecule has 29 heavy (non-hydrogen) atoms. The Kier molecular flexibility index (Phi) is 7.48. The van der Waals surface area contributed by atoms with E-state index in [2.05, 4.69) is 74.8 Å². The van der Waals surface area contributed by atoms with Crippen molar-refractivity contribution in [2.24, 2.45) is 5.41 Å². The zero-order valence-corrected chi connectivity index (χ0v) is 20.9. The molecule has 2 heterocycles. The van der Waals surface area contributed by atoms with Gasteiger partial charge in [-0.05, 0) is 0 Å². The summed E-state index contributed by atoms with van der Waals surface area (Å²) in [7, 11) is 0. The van der Waals surface area contributed by atoms with Crippen molar-refractivity contribution in [3.8, 4) is 0 Å². The summed E-state index contributed by atoms with van der Waals surface area (Å²) in [6.45, 7) is 6.41. The molecule has 2 aromatic rings. The van der Waals surface area contributed by atoms with Crippen molar-refractivity contribution >= 4 is 45.8 Å². The number of carbonyl (C=O) groups is 1. The van der Waals surface area contributed by atoms with Gasteiger partial charge in [-0.15, -0.1) is 0 Å². The molecule has 0 unspecified atom stereocenters. The van der Waals surface area contributed by atoms with Crippen LogP contribution in [0.15, 0.2) is 30.5 Å². The average Bonchev–Trinajstić information content (AvgIpc) is 2.70. The average molecular weight is 625 g/mol. The number of hydrogen-bond donors (Lipinski definition) is 2. The van der Waals surface area contributed by atoms with E-state index in [4.69, 9.17) is 0 Å². The van der Waals surface area contributed by atoms with E-state index in [1.165, 1.54) is 12.3 Å². The van der Waals surface area contributed by atoms with Gasteiger partial charge in [0.15, 0.2) is 0 Å². The van der Waals surface area contributed by atoms with Crippen LogP contribution in [-0.4, -0.2) is 33.9 Å². The Hall–Kier alpha value is -1.28. The van der Waals surface area contributed by atoms with E-state index in [-0.39, 0.29) is 27.2 Å². The number of hydrogen-bond acceptors (Lipinski definition) is 6. The molecule has 1 aromatic heterocycles.